The summed E-state index contributed by atoms with van der Waals surface area (Å²) in [5, 5.41) is 6.27. The predicted octanol–water partition coefficient (Wildman–Crippen LogP) is 4.02. The molecule has 1 aromatic heterocycles. The van der Waals surface area contributed by atoms with Crippen molar-refractivity contribution >= 4 is 23.2 Å². The van der Waals surface area contributed by atoms with Crippen LogP contribution >= 0.6 is 11.6 Å². The van der Waals surface area contributed by atoms with E-state index in [0.29, 0.717) is 5.69 Å². The monoisotopic (exact) mass is 397 g/mol. The Morgan fingerprint density at radius 1 is 1.27 bits per heavy atom. The van der Waals surface area contributed by atoms with E-state index in [4.69, 9.17) is 11.6 Å². The lowest BCUT2D eigenvalue weighted by Gasteiger charge is -2.28. The first-order chi connectivity index (χ1) is 12.1. The molecule has 2 aromatic rings. The van der Waals surface area contributed by atoms with Crippen LogP contribution in [0.3, 0.4) is 0 Å². The third-order valence-electron chi connectivity index (χ3n) is 3.34. The van der Waals surface area contributed by atoms with Gasteiger partial charge in [-0.3, -0.25) is 9.89 Å². The van der Waals surface area contributed by atoms with Crippen LogP contribution < -0.4 is 9.64 Å². The van der Waals surface area contributed by atoms with E-state index in [2.05, 4.69) is 14.9 Å². The zero-order valence-electron chi connectivity index (χ0n) is 13.3. The number of hydrogen-bond donors (Lipinski definition) is 1. The third kappa shape index (κ3) is 4.24. The predicted molar refractivity (Wildman–Crippen MR) is 83.3 cm³/mol. The molecule has 0 bridgehead atoms. The Labute approximate surface area is 149 Å². The van der Waals surface area contributed by atoms with Crippen molar-refractivity contribution in [2.75, 3.05) is 10.8 Å². The Morgan fingerprint density at radius 3 is 2.50 bits per heavy atom. The van der Waals surface area contributed by atoms with Crippen molar-refractivity contribution in [3.8, 4) is 5.75 Å². The molecule has 0 radical (unpaired) electrons. The number of carbonyl (C=O) groups excluding carboxylic acids is 1. The highest BCUT2D eigenvalue weighted by atomic mass is 35.5. The number of hydrogen-bond acceptors (Lipinski definition) is 3. The number of anilines is 1. The van der Waals surface area contributed by atoms with Crippen LogP contribution in [0.2, 0.25) is 0 Å². The molecule has 0 spiro atoms. The number of carbonyl (C=O) groups is 1. The van der Waals surface area contributed by atoms with Gasteiger partial charge in [0.25, 0.3) is 0 Å². The maximum Gasteiger partial charge on any atom is 0.499 e. The second kappa shape index (κ2) is 7.48. The van der Waals surface area contributed by atoms with Crippen LogP contribution in [-0.4, -0.2) is 34.3 Å². The molecule has 26 heavy (non-hydrogen) atoms. The van der Waals surface area contributed by atoms with Gasteiger partial charge >= 0.3 is 12.3 Å². The van der Waals surface area contributed by atoms with E-state index in [9.17, 15) is 26.7 Å². The molecular formula is C15H13ClF5N3O2. The van der Waals surface area contributed by atoms with Gasteiger partial charge in [-0.1, -0.05) is 12.1 Å². The number of benzene rings is 1. The average Bonchev–Trinajstić information content (AvgIpc) is 3.04. The van der Waals surface area contributed by atoms with E-state index in [1.807, 2.05) is 0 Å². The van der Waals surface area contributed by atoms with Crippen LogP contribution in [0.15, 0.2) is 30.5 Å². The van der Waals surface area contributed by atoms with Crippen LogP contribution in [0.1, 0.15) is 11.3 Å². The topological polar surface area (TPSA) is 58.2 Å². The molecule has 0 saturated heterocycles. The molecule has 2 rings (SSSR count). The smallest absolute Gasteiger partial charge is 0.424 e. The molecule has 11 heteroatoms. The average molecular weight is 398 g/mol. The van der Waals surface area contributed by atoms with Gasteiger partial charge in [-0.05, 0) is 24.6 Å². The molecule has 0 atom stereocenters. The Balaban J connectivity index is 2.49. The van der Waals surface area contributed by atoms with Crippen molar-refractivity contribution in [3.05, 3.63) is 41.7 Å². The molecule has 0 fully saturated rings. The van der Waals surface area contributed by atoms with Crippen LogP contribution in [0.5, 0.6) is 5.75 Å². The van der Waals surface area contributed by atoms with Crippen LogP contribution in [0, 0.1) is 6.92 Å². The summed E-state index contributed by atoms with van der Waals surface area (Å²) in [5.41, 5.74) is 0.426. The fourth-order valence-electron chi connectivity index (χ4n) is 2.16. The molecule has 0 aliphatic heterocycles. The van der Waals surface area contributed by atoms with Gasteiger partial charge in [0.15, 0.2) is 5.75 Å². The Kier molecular flexibility index (Phi) is 5.74. The number of para-hydroxylation sites is 1. The summed E-state index contributed by atoms with van der Waals surface area (Å²) in [6.07, 6.45) is -9.95. The molecule has 1 heterocycles. The van der Waals surface area contributed by atoms with E-state index >= 15 is 0 Å². The SMILES string of the molecule is Cc1cccc(OC(F)(F)C(F)(F)F)c1N(Cc1ccn[nH]1)C(=O)CCl. The van der Waals surface area contributed by atoms with Crippen molar-refractivity contribution in [1.82, 2.24) is 10.2 Å². The maximum absolute atomic E-state index is 13.4. The standard InChI is InChI=1S/C15H13ClF5N3O2/c1-9-3-2-4-11(26-15(20,21)14(17,18)19)13(9)24(12(25)7-16)8-10-5-6-22-23-10/h2-6H,7-8H2,1H3,(H,22,23). The highest BCUT2D eigenvalue weighted by molar-refractivity contribution is 6.29. The van der Waals surface area contributed by atoms with Gasteiger partial charge in [0.1, 0.15) is 5.88 Å². The minimum absolute atomic E-state index is 0.176. The first-order valence-electron chi connectivity index (χ1n) is 7.14. The molecule has 142 valence electrons. The molecule has 0 aliphatic carbocycles. The number of alkyl halides is 6. The number of aromatic nitrogens is 2. The number of ether oxygens (including phenoxy) is 1. The molecular weight excluding hydrogens is 385 g/mol. The highest BCUT2D eigenvalue weighted by Crippen LogP contribution is 2.41. The van der Waals surface area contributed by atoms with Gasteiger partial charge in [-0.25, -0.2) is 0 Å². The number of aromatic amines is 1. The number of halogens is 6. The first kappa shape index (κ1) is 20.0. The van der Waals surface area contributed by atoms with Crippen molar-refractivity contribution in [2.45, 2.75) is 25.8 Å². The molecule has 0 saturated carbocycles. The normalized spacial score (nSPS) is 12.1. The number of nitrogens with one attached hydrogen (secondary N) is 1. The molecule has 1 amide bonds. The van der Waals surface area contributed by atoms with Gasteiger partial charge in [-0.2, -0.15) is 27.1 Å². The summed E-state index contributed by atoms with van der Waals surface area (Å²) >= 11 is 5.56. The number of nitrogens with zero attached hydrogens (tertiary/aromatic N) is 2. The fourth-order valence-corrected chi connectivity index (χ4v) is 2.31. The zero-order valence-corrected chi connectivity index (χ0v) is 14.0. The molecule has 1 aromatic carbocycles. The van der Waals surface area contributed by atoms with Gasteiger partial charge < -0.3 is 9.64 Å². The van der Waals surface area contributed by atoms with E-state index in [-0.39, 0.29) is 17.8 Å². The van der Waals surface area contributed by atoms with Crippen molar-refractivity contribution in [3.63, 3.8) is 0 Å². The number of H-pyrrole nitrogens is 1. The molecule has 5 nitrogen and oxygen atoms in total. The number of aryl methyl sites for hydroxylation is 1. The van der Waals surface area contributed by atoms with Crippen LogP contribution in [-0.2, 0) is 11.3 Å². The molecule has 0 aliphatic rings. The van der Waals surface area contributed by atoms with Crippen LogP contribution in [0.4, 0.5) is 27.6 Å². The lowest BCUT2D eigenvalue weighted by Crippen LogP contribution is -2.42. The van der Waals surface area contributed by atoms with Crippen molar-refractivity contribution in [1.29, 1.82) is 0 Å². The Bertz CT molecular complexity index is 765. The number of rotatable bonds is 6. The summed E-state index contributed by atoms with van der Waals surface area (Å²) < 4.78 is 68.1. The zero-order chi connectivity index (χ0) is 19.5. The van der Waals surface area contributed by atoms with Gasteiger partial charge in [0.05, 0.1) is 17.9 Å². The van der Waals surface area contributed by atoms with Crippen molar-refractivity contribution < 1.29 is 31.5 Å². The van der Waals surface area contributed by atoms with Crippen molar-refractivity contribution in [2.24, 2.45) is 0 Å². The second-order valence-corrected chi connectivity index (χ2v) is 5.50. The molecule has 1 N–H and O–H groups in total. The summed E-state index contributed by atoms with van der Waals surface area (Å²) in [6, 6.07) is 5.11. The van der Waals surface area contributed by atoms with Gasteiger partial charge in [-0.15, -0.1) is 11.6 Å². The Morgan fingerprint density at radius 2 is 1.96 bits per heavy atom. The lowest BCUT2D eigenvalue weighted by molar-refractivity contribution is -0.360. The first-order valence-corrected chi connectivity index (χ1v) is 7.68. The third-order valence-corrected chi connectivity index (χ3v) is 3.57. The lowest BCUT2D eigenvalue weighted by atomic mass is 10.1. The van der Waals surface area contributed by atoms with E-state index in [1.54, 1.807) is 0 Å². The largest absolute Gasteiger partial charge is 0.499 e. The maximum atomic E-state index is 13.4. The second-order valence-electron chi connectivity index (χ2n) is 5.23. The van der Waals surface area contributed by atoms with E-state index in [0.717, 1.165) is 11.0 Å². The summed E-state index contributed by atoms with van der Waals surface area (Å²) in [4.78, 5) is 13.2. The van der Waals surface area contributed by atoms with Crippen LogP contribution in [0.25, 0.3) is 0 Å². The fraction of sp³-hybridized carbons (Fsp3) is 0.333. The Hall–Kier alpha value is -2.36. The van der Waals surface area contributed by atoms with E-state index in [1.165, 1.54) is 31.3 Å². The highest BCUT2D eigenvalue weighted by Gasteiger charge is 2.61. The summed E-state index contributed by atoms with van der Waals surface area (Å²) in [5.74, 6) is -2.03. The molecule has 0 unspecified atom stereocenters. The van der Waals surface area contributed by atoms with Gasteiger partial charge in [0, 0.05) is 6.20 Å². The summed E-state index contributed by atoms with van der Waals surface area (Å²) in [7, 11) is 0. The minimum atomic E-state index is -5.92. The van der Waals surface area contributed by atoms with E-state index < -0.39 is 29.8 Å². The van der Waals surface area contributed by atoms with Gasteiger partial charge in [0.2, 0.25) is 5.91 Å². The number of amides is 1. The summed E-state index contributed by atoms with van der Waals surface area (Å²) in [6.45, 7) is 1.26. The minimum Gasteiger partial charge on any atom is -0.424 e. The quantitative estimate of drug-likeness (QED) is 0.591.